The molecule has 1 atom stereocenters. The van der Waals surface area contributed by atoms with Crippen LogP contribution in [0.5, 0.6) is 0 Å². The van der Waals surface area contributed by atoms with Gasteiger partial charge in [0.1, 0.15) is 11.9 Å². The molecule has 3 rings (SSSR count). The van der Waals surface area contributed by atoms with Gasteiger partial charge in [0.15, 0.2) is 0 Å². The van der Waals surface area contributed by atoms with Gasteiger partial charge in [-0.1, -0.05) is 13.8 Å². The van der Waals surface area contributed by atoms with Crippen LogP contribution in [0.15, 0.2) is 17.8 Å². The van der Waals surface area contributed by atoms with E-state index in [2.05, 4.69) is 34.1 Å². The number of carbonyl (C=O) groups is 1. The van der Waals surface area contributed by atoms with Crippen molar-refractivity contribution in [1.29, 1.82) is 0 Å². The van der Waals surface area contributed by atoms with E-state index in [-0.39, 0.29) is 11.9 Å². The van der Waals surface area contributed by atoms with Crippen LogP contribution in [0.2, 0.25) is 0 Å². The molecule has 6 nitrogen and oxygen atoms in total. The summed E-state index contributed by atoms with van der Waals surface area (Å²) in [4.78, 5) is 26.2. The molecular formula is C18H27N5OS. The van der Waals surface area contributed by atoms with Crippen molar-refractivity contribution in [1.82, 2.24) is 24.3 Å². The van der Waals surface area contributed by atoms with E-state index in [4.69, 9.17) is 0 Å². The predicted octanol–water partition coefficient (Wildman–Crippen LogP) is 2.68. The standard InChI is InChI=1S/C18H27N5OS/c1-13(2)17-19-5-6-23(17)14(3)18(24)22-9-7-21(8-10-22)11-16-12-25-15(4)20-16/h5-6,12-14H,7-11H2,1-4H3. The van der Waals surface area contributed by atoms with Crippen molar-refractivity contribution in [3.8, 4) is 0 Å². The van der Waals surface area contributed by atoms with Gasteiger partial charge in [0.05, 0.1) is 10.7 Å². The van der Waals surface area contributed by atoms with Gasteiger partial charge >= 0.3 is 0 Å². The Hall–Kier alpha value is -1.73. The van der Waals surface area contributed by atoms with E-state index in [0.717, 1.165) is 49.2 Å². The van der Waals surface area contributed by atoms with Gasteiger partial charge in [0.2, 0.25) is 5.91 Å². The van der Waals surface area contributed by atoms with Crippen LogP contribution in [0.4, 0.5) is 0 Å². The van der Waals surface area contributed by atoms with E-state index in [9.17, 15) is 4.79 Å². The normalized spacial score (nSPS) is 17.2. The summed E-state index contributed by atoms with van der Waals surface area (Å²) in [5, 5.41) is 3.24. The van der Waals surface area contributed by atoms with Crippen LogP contribution in [-0.4, -0.2) is 56.4 Å². The number of aryl methyl sites for hydroxylation is 1. The summed E-state index contributed by atoms with van der Waals surface area (Å²) in [7, 11) is 0. The number of hydrogen-bond donors (Lipinski definition) is 0. The lowest BCUT2D eigenvalue weighted by Gasteiger charge is -2.36. The first kappa shape index (κ1) is 18.1. The van der Waals surface area contributed by atoms with Gasteiger partial charge in [0, 0.05) is 56.4 Å². The summed E-state index contributed by atoms with van der Waals surface area (Å²) in [5.74, 6) is 1.46. The number of carbonyl (C=O) groups excluding carboxylic acids is 1. The zero-order chi connectivity index (χ0) is 18.0. The third-order valence-corrected chi connectivity index (χ3v) is 5.55. The van der Waals surface area contributed by atoms with Crippen LogP contribution in [0, 0.1) is 6.92 Å². The lowest BCUT2D eigenvalue weighted by molar-refractivity contribution is -0.136. The summed E-state index contributed by atoms with van der Waals surface area (Å²) in [6, 6.07) is -0.201. The third kappa shape index (κ3) is 4.10. The van der Waals surface area contributed by atoms with Crippen LogP contribution >= 0.6 is 11.3 Å². The van der Waals surface area contributed by atoms with E-state index >= 15 is 0 Å². The van der Waals surface area contributed by atoms with Crippen molar-refractivity contribution >= 4 is 17.2 Å². The molecule has 2 aromatic rings. The zero-order valence-electron chi connectivity index (χ0n) is 15.5. The van der Waals surface area contributed by atoms with Crippen molar-refractivity contribution in [3.63, 3.8) is 0 Å². The molecule has 3 heterocycles. The van der Waals surface area contributed by atoms with Crippen LogP contribution in [0.3, 0.4) is 0 Å². The number of aromatic nitrogens is 3. The molecule has 0 radical (unpaired) electrons. The van der Waals surface area contributed by atoms with Gasteiger partial charge in [-0.05, 0) is 13.8 Å². The second kappa shape index (κ2) is 7.66. The first-order valence-electron chi connectivity index (χ1n) is 8.90. The highest BCUT2D eigenvalue weighted by atomic mass is 32.1. The lowest BCUT2D eigenvalue weighted by Crippen LogP contribution is -2.50. The van der Waals surface area contributed by atoms with Gasteiger partial charge in [-0.25, -0.2) is 9.97 Å². The Balaban J connectivity index is 1.56. The van der Waals surface area contributed by atoms with Gasteiger partial charge in [-0.3, -0.25) is 9.69 Å². The van der Waals surface area contributed by atoms with Crippen molar-refractivity contribution in [3.05, 3.63) is 34.3 Å². The van der Waals surface area contributed by atoms with Gasteiger partial charge in [-0.2, -0.15) is 0 Å². The maximum Gasteiger partial charge on any atom is 0.245 e. The van der Waals surface area contributed by atoms with E-state index < -0.39 is 0 Å². The minimum absolute atomic E-state index is 0.184. The lowest BCUT2D eigenvalue weighted by atomic mass is 10.2. The van der Waals surface area contributed by atoms with Gasteiger partial charge < -0.3 is 9.47 Å². The molecule has 0 aromatic carbocycles. The van der Waals surface area contributed by atoms with E-state index in [1.54, 1.807) is 17.5 Å². The molecule has 136 valence electrons. The van der Waals surface area contributed by atoms with Gasteiger partial charge in [-0.15, -0.1) is 11.3 Å². The average Bonchev–Trinajstić information content (AvgIpc) is 3.23. The molecule has 0 saturated carbocycles. The predicted molar refractivity (Wildman–Crippen MR) is 99.7 cm³/mol. The SMILES string of the molecule is Cc1nc(CN2CCN(C(=O)C(C)n3ccnc3C(C)C)CC2)cs1. The van der Waals surface area contributed by atoms with E-state index in [1.807, 2.05) is 29.5 Å². The minimum Gasteiger partial charge on any atom is -0.338 e. The second-order valence-corrected chi connectivity index (χ2v) is 8.04. The Bertz CT molecular complexity index is 715. The first-order valence-corrected chi connectivity index (χ1v) is 9.78. The van der Waals surface area contributed by atoms with Gasteiger partial charge in [0.25, 0.3) is 0 Å². The number of hydrogen-bond acceptors (Lipinski definition) is 5. The Labute approximate surface area is 153 Å². The molecule has 0 N–H and O–H groups in total. The summed E-state index contributed by atoms with van der Waals surface area (Å²) in [6.45, 7) is 12.4. The maximum absolute atomic E-state index is 12.9. The average molecular weight is 362 g/mol. The first-order chi connectivity index (χ1) is 12.0. The number of imidazole rings is 1. The summed E-state index contributed by atoms with van der Waals surface area (Å²) >= 11 is 1.69. The fraction of sp³-hybridized carbons (Fsp3) is 0.611. The third-order valence-electron chi connectivity index (χ3n) is 4.73. The number of piperazine rings is 1. The van der Waals surface area contributed by atoms with Crippen LogP contribution in [0.1, 0.15) is 49.3 Å². The summed E-state index contributed by atoms with van der Waals surface area (Å²) < 4.78 is 2.01. The molecule has 25 heavy (non-hydrogen) atoms. The maximum atomic E-state index is 12.9. The number of nitrogens with zero attached hydrogens (tertiary/aromatic N) is 5. The van der Waals surface area contributed by atoms with Crippen LogP contribution in [0.25, 0.3) is 0 Å². The molecule has 2 aromatic heterocycles. The highest BCUT2D eigenvalue weighted by Crippen LogP contribution is 2.20. The molecule has 1 saturated heterocycles. The summed E-state index contributed by atoms with van der Waals surface area (Å²) in [6.07, 6.45) is 3.70. The zero-order valence-corrected chi connectivity index (χ0v) is 16.3. The molecule has 1 aliphatic heterocycles. The van der Waals surface area contributed by atoms with Crippen molar-refractivity contribution in [2.75, 3.05) is 26.2 Å². The Morgan fingerprint density at radius 3 is 2.56 bits per heavy atom. The van der Waals surface area contributed by atoms with Crippen LogP contribution in [-0.2, 0) is 11.3 Å². The van der Waals surface area contributed by atoms with E-state index in [0.29, 0.717) is 5.92 Å². The molecule has 1 aliphatic rings. The summed E-state index contributed by atoms with van der Waals surface area (Å²) in [5.41, 5.74) is 1.13. The fourth-order valence-corrected chi connectivity index (χ4v) is 3.92. The molecule has 1 amide bonds. The van der Waals surface area contributed by atoms with Crippen molar-refractivity contribution in [2.45, 2.75) is 46.2 Å². The van der Waals surface area contributed by atoms with Crippen molar-refractivity contribution < 1.29 is 4.79 Å². The topological polar surface area (TPSA) is 54.3 Å². The highest BCUT2D eigenvalue weighted by Gasteiger charge is 2.27. The smallest absolute Gasteiger partial charge is 0.245 e. The molecule has 0 spiro atoms. The van der Waals surface area contributed by atoms with Crippen LogP contribution < -0.4 is 0 Å². The monoisotopic (exact) mass is 361 g/mol. The minimum atomic E-state index is -0.201. The van der Waals surface area contributed by atoms with E-state index in [1.165, 1.54) is 0 Å². The Morgan fingerprint density at radius 2 is 1.96 bits per heavy atom. The van der Waals surface area contributed by atoms with Crippen molar-refractivity contribution in [2.24, 2.45) is 0 Å². The molecule has 1 fully saturated rings. The quantitative estimate of drug-likeness (QED) is 0.822. The largest absolute Gasteiger partial charge is 0.338 e. The molecule has 7 heteroatoms. The molecular weight excluding hydrogens is 334 g/mol. The fourth-order valence-electron chi connectivity index (χ4n) is 3.32. The number of thiazole rings is 1. The Kier molecular flexibility index (Phi) is 5.54. The Morgan fingerprint density at radius 1 is 1.24 bits per heavy atom. The second-order valence-electron chi connectivity index (χ2n) is 6.98. The highest BCUT2D eigenvalue weighted by molar-refractivity contribution is 7.09. The molecule has 0 bridgehead atoms. The molecule has 0 aliphatic carbocycles. The number of amides is 1. The molecule has 1 unspecified atom stereocenters. The number of rotatable bonds is 5.